The molecule has 0 nitrogen and oxygen atoms in total. The van der Waals surface area contributed by atoms with Crippen molar-refractivity contribution in [3.8, 4) is 0 Å². The number of hydrogen-bond donors (Lipinski definition) is 0. The number of fused-ring (bicyclic) bond motifs is 3. The number of benzene rings is 3. The molecule has 0 fully saturated rings. The van der Waals surface area contributed by atoms with Crippen molar-refractivity contribution in [3.63, 3.8) is 0 Å². The number of rotatable bonds is 3. The molecule has 21 heavy (non-hydrogen) atoms. The van der Waals surface area contributed by atoms with Gasteiger partial charge in [-0.1, -0.05) is 47.5 Å². The van der Waals surface area contributed by atoms with Crippen molar-refractivity contribution in [2.24, 2.45) is 0 Å². The summed E-state index contributed by atoms with van der Waals surface area (Å²) in [6.45, 7) is 2.12. The zero-order valence-corrected chi connectivity index (χ0v) is 13.3. The first kappa shape index (κ1) is 14.5. The quantitative estimate of drug-likeness (QED) is 0.482. The summed E-state index contributed by atoms with van der Waals surface area (Å²) in [4.78, 5) is 0. The molecule has 0 heterocycles. The molecule has 3 aromatic rings. The smallest absolute Gasteiger partial charge is 0.167 e. The van der Waals surface area contributed by atoms with E-state index in [0.29, 0.717) is 10.8 Å². The second kappa shape index (κ2) is 5.72. The van der Waals surface area contributed by atoms with E-state index in [1.165, 1.54) is 0 Å². The van der Waals surface area contributed by atoms with Crippen LogP contribution in [0.15, 0.2) is 40.9 Å². The van der Waals surface area contributed by atoms with Crippen molar-refractivity contribution >= 4 is 37.5 Å². The van der Waals surface area contributed by atoms with Crippen molar-refractivity contribution in [3.05, 3.63) is 58.1 Å². The van der Waals surface area contributed by atoms with E-state index in [-0.39, 0.29) is 0 Å². The average Bonchev–Trinajstić information content (AvgIpc) is 2.50. The summed E-state index contributed by atoms with van der Waals surface area (Å²) in [5.74, 6) is -1.53. The Morgan fingerprint density at radius 1 is 0.857 bits per heavy atom. The maximum absolute atomic E-state index is 14.4. The molecule has 0 amide bonds. The van der Waals surface area contributed by atoms with E-state index >= 15 is 0 Å². The molecule has 0 radical (unpaired) electrons. The van der Waals surface area contributed by atoms with Gasteiger partial charge in [-0.2, -0.15) is 0 Å². The molecule has 3 heteroatoms. The van der Waals surface area contributed by atoms with Gasteiger partial charge in [0, 0.05) is 15.2 Å². The third kappa shape index (κ3) is 2.55. The van der Waals surface area contributed by atoms with Crippen LogP contribution >= 0.6 is 15.9 Å². The number of unbranched alkanes of at least 4 members (excludes halogenated alkanes) is 1. The predicted molar refractivity (Wildman–Crippen MR) is 87.7 cm³/mol. The van der Waals surface area contributed by atoms with Crippen molar-refractivity contribution in [2.75, 3.05) is 0 Å². The van der Waals surface area contributed by atoms with Crippen molar-refractivity contribution in [2.45, 2.75) is 26.2 Å². The van der Waals surface area contributed by atoms with Gasteiger partial charge in [0.15, 0.2) is 11.6 Å². The summed E-state index contributed by atoms with van der Waals surface area (Å²) in [6, 6.07) is 11.0. The van der Waals surface area contributed by atoms with E-state index in [2.05, 4.69) is 22.9 Å². The van der Waals surface area contributed by atoms with Gasteiger partial charge >= 0.3 is 0 Å². The highest BCUT2D eigenvalue weighted by Crippen LogP contribution is 2.33. The lowest BCUT2D eigenvalue weighted by atomic mass is 9.97. The Hall–Kier alpha value is -1.48. The van der Waals surface area contributed by atoms with Gasteiger partial charge in [-0.15, -0.1) is 0 Å². The molecule has 0 aliphatic carbocycles. The van der Waals surface area contributed by atoms with Crippen LogP contribution in [0, 0.1) is 11.6 Å². The molecule has 0 saturated carbocycles. The molecule has 3 aromatic carbocycles. The van der Waals surface area contributed by atoms with Crippen LogP contribution in [0.4, 0.5) is 8.78 Å². The monoisotopic (exact) mass is 348 g/mol. The van der Waals surface area contributed by atoms with Crippen LogP contribution < -0.4 is 0 Å². The predicted octanol–water partition coefficient (Wildman–Crippen LogP) is 6.38. The summed E-state index contributed by atoms with van der Waals surface area (Å²) < 4.78 is 29.4. The van der Waals surface area contributed by atoms with Crippen LogP contribution in [0.25, 0.3) is 21.5 Å². The lowest BCUT2D eigenvalue weighted by Gasteiger charge is -2.10. The molecule has 0 N–H and O–H groups in total. The SMILES string of the molecule is CCCCc1ccc2c(c1)c(F)c(F)c1cc(Br)ccc12. The maximum atomic E-state index is 14.4. The van der Waals surface area contributed by atoms with Crippen LogP contribution in [0.5, 0.6) is 0 Å². The van der Waals surface area contributed by atoms with Gasteiger partial charge in [-0.25, -0.2) is 8.78 Å². The lowest BCUT2D eigenvalue weighted by molar-refractivity contribution is 0.525. The fraction of sp³-hybridized carbons (Fsp3) is 0.222. The second-order valence-electron chi connectivity index (χ2n) is 5.30. The summed E-state index contributed by atoms with van der Waals surface area (Å²) in [6.07, 6.45) is 3.03. The van der Waals surface area contributed by atoms with Gasteiger partial charge in [-0.3, -0.25) is 0 Å². The normalized spacial score (nSPS) is 11.4. The van der Waals surface area contributed by atoms with Crippen molar-refractivity contribution < 1.29 is 8.78 Å². The third-order valence-electron chi connectivity index (χ3n) is 3.84. The van der Waals surface area contributed by atoms with Gasteiger partial charge in [0.05, 0.1) is 0 Å². The molecule has 3 rings (SSSR count). The standard InChI is InChI=1S/C18H15BrF2/c1-2-3-4-11-5-7-13-14-8-6-12(19)10-16(14)18(21)17(20)15(13)9-11/h5-10H,2-4H2,1H3. The number of aryl methyl sites for hydroxylation is 1. The van der Waals surface area contributed by atoms with Crippen molar-refractivity contribution in [1.82, 2.24) is 0 Å². The number of hydrogen-bond acceptors (Lipinski definition) is 0. The Bertz CT molecular complexity index is 824. The highest BCUT2D eigenvalue weighted by Gasteiger charge is 2.14. The van der Waals surface area contributed by atoms with Crippen LogP contribution in [0.3, 0.4) is 0 Å². The van der Waals surface area contributed by atoms with Gasteiger partial charge in [-0.05, 0) is 47.4 Å². The molecule has 0 atom stereocenters. The van der Waals surface area contributed by atoms with Gasteiger partial charge < -0.3 is 0 Å². The van der Waals surface area contributed by atoms with Crippen LogP contribution in [0.1, 0.15) is 25.3 Å². The lowest BCUT2D eigenvalue weighted by Crippen LogP contribution is -1.93. The van der Waals surface area contributed by atoms with E-state index in [4.69, 9.17) is 0 Å². The summed E-state index contributed by atoms with van der Waals surface area (Å²) in [7, 11) is 0. The second-order valence-corrected chi connectivity index (χ2v) is 6.22. The summed E-state index contributed by atoms with van der Waals surface area (Å²) in [5, 5.41) is 2.19. The molecule has 0 unspecified atom stereocenters. The van der Waals surface area contributed by atoms with Gasteiger partial charge in [0.25, 0.3) is 0 Å². The summed E-state index contributed by atoms with van der Waals surface area (Å²) in [5.41, 5.74) is 1.05. The van der Waals surface area contributed by atoms with Crippen LogP contribution in [-0.2, 0) is 6.42 Å². The first-order valence-corrected chi connectivity index (χ1v) is 7.90. The molecule has 108 valence electrons. The molecule has 0 aliphatic rings. The largest absolute Gasteiger partial charge is 0.203 e. The van der Waals surface area contributed by atoms with Gasteiger partial charge in [0.1, 0.15) is 0 Å². The molecule has 0 aliphatic heterocycles. The molecule has 0 bridgehead atoms. The molecule has 0 aromatic heterocycles. The fourth-order valence-electron chi connectivity index (χ4n) is 2.71. The Morgan fingerprint density at radius 3 is 2.14 bits per heavy atom. The fourth-order valence-corrected chi connectivity index (χ4v) is 3.07. The minimum absolute atomic E-state index is 0.315. The van der Waals surface area contributed by atoms with E-state index in [1.807, 2.05) is 24.3 Å². The Labute approximate surface area is 130 Å². The first-order chi connectivity index (χ1) is 10.1. The average molecular weight is 349 g/mol. The van der Waals surface area contributed by atoms with Gasteiger partial charge in [0.2, 0.25) is 0 Å². The van der Waals surface area contributed by atoms with E-state index in [0.717, 1.165) is 40.1 Å². The molecular weight excluding hydrogens is 334 g/mol. The third-order valence-corrected chi connectivity index (χ3v) is 4.33. The molecule has 0 saturated heterocycles. The maximum Gasteiger partial charge on any atom is 0.167 e. The topological polar surface area (TPSA) is 0 Å². The molecule has 0 spiro atoms. The van der Waals surface area contributed by atoms with E-state index in [1.54, 1.807) is 12.1 Å². The zero-order chi connectivity index (χ0) is 15.0. The highest BCUT2D eigenvalue weighted by molar-refractivity contribution is 9.10. The van der Waals surface area contributed by atoms with E-state index in [9.17, 15) is 8.78 Å². The molecular formula is C18H15BrF2. The summed E-state index contributed by atoms with van der Waals surface area (Å²) >= 11 is 3.31. The van der Waals surface area contributed by atoms with Crippen molar-refractivity contribution in [1.29, 1.82) is 0 Å². The minimum atomic E-state index is -0.772. The van der Waals surface area contributed by atoms with Crippen LogP contribution in [-0.4, -0.2) is 0 Å². The Balaban J connectivity index is 2.31. The Kier molecular flexibility index (Phi) is 3.94. The highest BCUT2D eigenvalue weighted by atomic mass is 79.9. The zero-order valence-electron chi connectivity index (χ0n) is 11.7. The first-order valence-electron chi connectivity index (χ1n) is 7.10. The van der Waals surface area contributed by atoms with E-state index < -0.39 is 11.6 Å². The minimum Gasteiger partial charge on any atom is -0.203 e. The Morgan fingerprint density at radius 2 is 1.48 bits per heavy atom. The van der Waals surface area contributed by atoms with Crippen LogP contribution in [0.2, 0.25) is 0 Å². The number of halogens is 3.